The fourth-order valence-electron chi connectivity index (χ4n) is 4.66. The molecule has 33 heavy (non-hydrogen) atoms. The van der Waals surface area contributed by atoms with Gasteiger partial charge < -0.3 is 14.7 Å². The smallest absolute Gasteiger partial charge is 0.295 e. The molecule has 2 aliphatic heterocycles. The van der Waals surface area contributed by atoms with Crippen LogP contribution in [0.4, 0.5) is 0 Å². The molecule has 5 heterocycles. The number of imidazole rings is 1. The number of nitrogens with zero attached hydrogens (tertiary/aromatic N) is 4. The molecule has 3 aromatic heterocycles. The maximum Gasteiger partial charge on any atom is 0.295 e. The molecule has 0 aliphatic carbocycles. The largest absolute Gasteiger partial charge is 0.505 e. The third-order valence-corrected chi connectivity index (χ3v) is 7.28. The standard InChI is InChI=1S/C24H26N4O4S/c1-15-5-3-7-27-19(16(2)25-23(15)27)21(29)18-20(17-6-4-14-33-17)28(24(31)22(18)30)9-8-26-10-12-32-13-11-26/h3-7,14,20,29H,8-13H2,1-2H3/b21-18+/t20-/m0/s1. The van der Waals surface area contributed by atoms with Crippen LogP contribution in [0.15, 0.2) is 41.4 Å². The molecule has 9 heteroatoms. The van der Waals surface area contributed by atoms with Crippen molar-refractivity contribution in [2.24, 2.45) is 0 Å². The molecule has 2 fully saturated rings. The maximum absolute atomic E-state index is 13.3. The van der Waals surface area contributed by atoms with E-state index in [1.165, 1.54) is 11.3 Å². The number of carbonyl (C=O) groups excluding carboxylic acids is 2. The molecule has 1 atom stereocenters. The van der Waals surface area contributed by atoms with Crippen LogP contribution in [0.1, 0.15) is 27.9 Å². The van der Waals surface area contributed by atoms with Gasteiger partial charge in [0.25, 0.3) is 11.7 Å². The Hall–Kier alpha value is -3.01. The van der Waals surface area contributed by atoms with Gasteiger partial charge in [-0.05, 0) is 36.9 Å². The average Bonchev–Trinajstić information content (AvgIpc) is 3.51. The number of hydrogen-bond acceptors (Lipinski definition) is 7. The summed E-state index contributed by atoms with van der Waals surface area (Å²) in [6, 6.07) is 6.99. The molecule has 1 N–H and O–H groups in total. The molecule has 0 saturated carbocycles. The summed E-state index contributed by atoms with van der Waals surface area (Å²) in [6.07, 6.45) is 1.81. The molecule has 3 aromatic rings. The first-order valence-electron chi connectivity index (χ1n) is 11.0. The minimum Gasteiger partial charge on any atom is -0.505 e. The summed E-state index contributed by atoms with van der Waals surface area (Å²) < 4.78 is 7.20. The van der Waals surface area contributed by atoms with Crippen molar-refractivity contribution in [3.63, 3.8) is 0 Å². The molecule has 0 bridgehead atoms. The molecule has 172 valence electrons. The van der Waals surface area contributed by atoms with Crippen LogP contribution in [0.2, 0.25) is 0 Å². The normalized spacial score (nSPS) is 21.4. The fourth-order valence-corrected chi connectivity index (χ4v) is 5.50. The number of ketones is 1. The monoisotopic (exact) mass is 466 g/mol. The number of Topliss-reactive ketones (excluding diaryl/α,β-unsaturated/α-hetero) is 1. The van der Waals surface area contributed by atoms with Crippen molar-refractivity contribution in [3.05, 3.63) is 63.2 Å². The zero-order valence-corrected chi connectivity index (χ0v) is 19.5. The predicted octanol–water partition coefficient (Wildman–Crippen LogP) is 2.77. The summed E-state index contributed by atoms with van der Waals surface area (Å²) in [7, 11) is 0. The highest BCUT2D eigenvalue weighted by Crippen LogP contribution is 2.41. The number of pyridine rings is 1. The van der Waals surface area contributed by atoms with Gasteiger partial charge in [-0.15, -0.1) is 11.3 Å². The number of aliphatic hydroxyl groups is 1. The van der Waals surface area contributed by atoms with Gasteiger partial charge in [0.1, 0.15) is 11.3 Å². The second-order valence-electron chi connectivity index (χ2n) is 8.39. The summed E-state index contributed by atoms with van der Waals surface area (Å²) in [6.45, 7) is 7.72. The highest BCUT2D eigenvalue weighted by atomic mass is 32.1. The number of rotatable bonds is 5. The number of amides is 1. The Kier molecular flexibility index (Phi) is 5.77. The van der Waals surface area contributed by atoms with Crippen LogP contribution in [0.5, 0.6) is 0 Å². The molecular weight excluding hydrogens is 440 g/mol. The van der Waals surface area contributed by atoms with E-state index in [-0.39, 0.29) is 11.3 Å². The summed E-state index contributed by atoms with van der Waals surface area (Å²) >= 11 is 1.47. The van der Waals surface area contributed by atoms with Crippen LogP contribution in [-0.2, 0) is 14.3 Å². The summed E-state index contributed by atoms with van der Waals surface area (Å²) in [5, 5.41) is 13.4. The molecule has 8 nitrogen and oxygen atoms in total. The lowest BCUT2D eigenvalue weighted by molar-refractivity contribution is -0.140. The van der Waals surface area contributed by atoms with E-state index >= 15 is 0 Å². The van der Waals surface area contributed by atoms with E-state index in [4.69, 9.17) is 4.74 Å². The van der Waals surface area contributed by atoms with Crippen LogP contribution in [-0.4, -0.2) is 75.4 Å². The molecule has 0 spiro atoms. The zero-order valence-electron chi connectivity index (χ0n) is 18.7. The molecule has 2 aliphatic rings. The lowest BCUT2D eigenvalue weighted by Gasteiger charge is -2.30. The van der Waals surface area contributed by atoms with E-state index in [1.54, 1.807) is 16.2 Å². The molecule has 0 aromatic carbocycles. The van der Waals surface area contributed by atoms with Crippen molar-refractivity contribution in [2.75, 3.05) is 39.4 Å². The first kappa shape index (κ1) is 21.8. The van der Waals surface area contributed by atoms with Crippen molar-refractivity contribution in [3.8, 4) is 0 Å². The molecule has 0 unspecified atom stereocenters. The van der Waals surface area contributed by atoms with Crippen molar-refractivity contribution < 1.29 is 19.4 Å². The molecule has 2 saturated heterocycles. The van der Waals surface area contributed by atoms with Gasteiger partial charge in [0.05, 0.1) is 30.5 Å². The first-order chi connectivity index (χ1) is 16.0. The molecule has 0 radical (unpaired) electrons. The molecule has 5 rings (SSSR count). The third-order valence-electron chi connectivity index (χ3n) is 6.36. The van der Waals surface area contributed by atoms with Crippen LogP contribution >= 0.6 is 11.3 Å². The first-order valence-corrected chi connectivity index (χ1v) is 11.9. The summed E-state index contributed by atoms with van der Waals surface area (Å²) in [5.41, 5.74) is 2.84. The SMILES string of the molecule is Cc1nc2c(C)cccn2c1/C(O)=C1\C(=O)C(=O)N(CCN2CCOCC2)[C@H]1c1cccs1. The highest BCUT2D eigenvalue weighted by molar-refractivity contribution is 7.10. The number of ether oxygens (including phenoxy) is 1. The van der Waals surface area contributed by atoms with E-state index < -0.39 is 17.7 Å². The van der Waals surface area contributed by atoms with Gasteiger partial charge in [-0.1, -0.05) is 12.1 Å². The van der Waals surface area contributed by atoms with E-state index in [0.717, 1.165) is 23.5 Å². The van der Waals surface area contributed by atoms with E-state index in [1.807, 2.05) is 42.8 Å². The maximum atomic E-state index is 13.3. The Bertz CT molecular complexity index is 1240. The van der Waals surface area contributed by atoms with E-state index in [2.05, 4.69) is 9.88 Å². The van der Waals surface area contributed by atoms with E-state index in [0.29, 0.717) is 43.3 Å². The average molecular weight is 467 g/mol. The van der Waals surface area contributed by atoms with Crippen molar-refractivity contribution in [1.82, 2.24) is 19.2 Å². The van der Waals surface area contributed by atoms with Crippen LogP contribution in [0, 0.1) is 13.8 Å². The topological polar surface area (TPSA) is 87.4 Å². The number of morpholine rings is 1. The number of aliphatic hydroxyl groups excluding tert-OH is 1. The lowest BCUT2D eigenvalue weighted by Crippen LogP contribution is -2.42. The van der Waals surface area contributed by atoms with Crippen molar-refractivity contribution in [1.29, 1.82) is 0 Å². The number of thiophene rings is 1. The highest BCUT2D eigenvalue weighted by Gasteiger charge is 2.47. The minimum atomic E-state index is -0.658. The number of likely N-dealkylation sites (tertiary alicyclic amines) is 1. The minimum absolute atomic E-state index is 0.121. The third kappa shape index (κ3) is 3.76. The van der Waals surface area contributed by atoms with Crippen molar-refractivity contribution >= 4 is 34.4 Å². The van der Waals surface area contributed by atoms with Gasteiger partial charge in [-0.3, -0.25) is 18.9 Å². The van der Waals surface area contributed by atoms with Crippen LogP contribution < -0.4 is 0 Å². The Morgan fingerprint density at radius 2 is 1.97 bits per heavy atom. The summed E-state index contributed by atoms with van der Waals surface area (Å²) in [5.74, 6) is -1.42. The Labute approximate surface area is 195 Å². The van der Waals surface area contributed by atoms with Crippen LogP contribution in [0.3, 0.4) is 0 Å². The lowest BCUT2D eigenvalue weighted by atomic mass is 10.0. The Morgan fingerprint density at radius 3 is 2.70 bits per heavy atom. The van der Waals surface area contributed by atoms with Gasteiger partial charge in [0.15, 0.2) is 5.76 Å². The van der Waals surface area contributed by atoms with Gasteiger partial charge in [-0.25, -0.2) is 4.98 Å². The number of aromatic nitrogens is 2. The van der Waals surface area contributed by atoms with Crippen LogP contribution in [0.25, 0.3) is 11.4 Å². The Morgan fingerprint density at radius 1 is 1.18 bits per heavy atom. The number of carbonyl (C=O) groups is 2. The van der Waals surface area contributed by atoms with Gasteiger partial charge in [0, 0.05) is 37.3 Å². The Balaban J connectivity index is 1.59. The van der Waals surface area contributed by atoms with E-state index in [9.17, 15) is 14.7 Å². The number of hydrogen-bond donors (Lipinski definition) is 1. The summed E-state index contributed by atoms with van der Waals surface area (Å²) in [4.78, 5) is 35.7. The second-order valence-corrected chi connectivity index (χ2v) is 9.37. The molecular formula is C24H26N4O4S. The number of fused-ring (bicyclic) bond motifs is 1. The van der Waals surface area contributed by atoms with Gasteiger partial charge in [-0.2, -0.15) is 0 Å². The molecule has 1 amide bonds. The number of aryl methyl sites for hydroxylation is 2. The zero-order chi connectivity index (χ0) is 23.1. The predicted molar refractivity (Wildman–Crippen MR) is 125 cm³/mol. The van der Waals surface area contributed by atoms with Crippen molar-refractivity contribution in [2.45, 2.75) is 19.9 Å². The van der Waals surface area contributed by atoms with Gasteiger partial charge in [0.2, 0.25) is 0 Å². The fraction of sp³-hybridized carbons (Fsp3) is 0.375. The second kappa shape index (κ2) is 8.74. The van der Waals surface area contributed by atoms with Gasteiger partial charge >= 0.3 is 0 Å². The quantitative estimate of drug-likeness (QED) is 0.354.